The van der Waals surface area contributed by atoms with Crippen molar-refractivity contribution in [2.45, 2.75) is 52.4 Å². The molecule has 5 unspecified atom stereocenters. The van der Waals surface area contributed by atoms with Crippen LogP contribution in [0.5, 0.6) is 0 Å². The number of carbonyl (C=O) groups excluding carboxylic acids is 1. The Morgan fingerprint density at radius 1 is 1.09 bits per heavy atom. The second-order valence-corrected chi connectivity index (χ2v) is 8.20. The molecule has 4 aliphatic rings. The summed E-state index contributed by atoms with van der Waals surface area (Å²) in [5, 5.41) is 0. The summed E-state index contributed by atoms with van der Waals surface area (Å²) < 4.78 is 0. The van der Waals surface area contributed by atoms with Crippen LogP contribution in [-0.2, 0) is 4.79 Å². The number of rotatable bonds is 0. The molecule has 3 fully saturated rings. The summed E-state index contributed by atoms with van der Waals surface area (Å²) in [6.07, 6.45) is 13.5. The smallest absolute Gasteiger partial charge is 0.178 e. The zero-order valence-corrected chi connectivity index (χ0v) is 14.7. The molecule has 124 valence electrons. The fourth-order valence-electron chi connectivity index (χ4n) is 6.10. The molecule has 5 atom stereocenters. The van der Waals surface area contributed by atoms with Gasteiger partial charge in [0.15, 0.2) is 5.78 Å². The molecular weight excluding hydrogens is 280 g/mol. The van der Waals surface area contributed by atoms with Crippen LogP contribution in [0.3, 0.4) is 0 Å². The lowest BCUT2D eigenvalue weighted by atomic mass is 9.48. The largest absolute Gasteiger partial charge is 0.290 e. The van der Waals surface area contributed by atoms with Crippen LogP contribution in [0.25, 0.3) is 0 Å². The van der Waals surface area contributed by atoms with E-state index in [-0.39, 0.29) is 11.2 Å². The number of hydrogen-bond acceptors (Lipinski definition) is 1. The van der Waals surface area contributed by atoms with Gasteiger partial charge in [0.2, 0.25) is 0 Å². The van der Waals surface area contributed by atoms with Crippen molar-refractivity contribution < 1.29 is 4.79 Å². The molecule has 0 aromatic rings. The lowest BCUT2D eigenvalue weighted by molar-refractivity contribution is -0.111. The van der Waals surface area contributed by atoms with Crippen molar-refractivity contribution in [3.8, 4) is 0 Å². The van der Waals surface area contributed by atoms with Gasteiger partial charge in [-0.3, -0.25) is 4.79 Å². The first kappa shape index (κ1) is 16.5. The normalized spacial score (nSPS) is 44.4. The van der Waals surface area contributed by atoms with Gasteiger partial charge in [-0.25, -0.2) is 0 Å². The zero-order valence-electron chi connectivity index (χ0n) is 14.7. The summed E-state index contributed by atoms with van der Waals surface area (Å²) >= 11 is 0. The Morgan fingerprint density at radius 3 is 2.57 bits per heavy atom. The molecule has 0 heterocycles. The van der Waals surface area contributed by atoms with E-state index in [9.17, 15) is 4.79 Å². The molecule has 0 N–H and O–H groups in total. The molecule has 0 aromatic heterocycles. The third-order valence-electron chi connectivity index (χ3n) is 7.51. The van der Waals surface area contributed by atoms with Crippen molar-refractivity contribution in [1.29, 1.82) is 0 Å². The summed E-state index contributed by atoms with van der Waals surface area (Å²) in [6.45, 7) is 15.2. The summed E-state index contributed by atoms with van der Waals surface area (Å²) in [4.78, 5) is 11.7. The third-order valence-corrected chi connectivity index (χ3v) is 7.51. The summed E-state index contributed by atoms with van der Waals surface area (Å²) in [7, 11) is 0. The Hall–Kier alpha value is -1.37. The molecule has 0 amide bonds. The Bertz CT molecular complexity index is 595. The lowest BCUT2D eigenvalue weighted by Crippen LogP contribution is -2.48. The van der Waals surface area contributed by atoms with E-state index < -0.39 is 0 Å². The quantitative estimate of drug-likeness (QED) is 0.528. The van der Waals surface area contributed by atoms with Gasteiger partial charge in [0.05, 0.1) is 0 Å². The van der Waals surface area contributed by atoms with Crippen molar-refractivity contribution in [1.82, 2.24) is 0 Å². The van der Waals surface area contributed by atoms with Crippen LogP contribution < -0.4 is 0 Å². The molecule has 0 aromatic carbocycles. The minimum atomic E-state index is 0.141. The highest BCUT2D eigenvalue weighted by Crippen LogP contribution is 2.65. The van der Waals surface area contributed by atoms with Crippen molar-refractivity contribution in [3.63, 3.8) is 0 Å². The minimum Gasteiger partial charge on any atom is -0.290 e. The second kappa shape index (κ2) is 5.61. The SMILES string of the molecule is C=C.C=C1CCC2C3CCC4=CC(=O)C=CC4(C)C3CCC12C. The van der Waals surface area contributed by atoms with Gasteiger partial charge in [0.1, 0.15) is 0 Å². The van der Waals surface area contributed by atoms with Gasteiger partial charge >= 0.3 is 0 Å². The average Bonchev–Trinajstić information content (AvgIpc) is 2.86. The molecule has 3 saturated carbocycles. The van der Waals surface area contributed by atoms with E-state index in [2.05, 4.69) is 39.7 Å². The molecule has 1 nitrogen and oxygen atoms in total. The maximum atomic E-state index is 11.7. The van der Waals surface area contributed by atoms with Gasteiger partial charge in [0.25, 0.3) is 0 Å². The van der Waals surface area contributed by atoms with E-state index in [1.165, 1.54) is 43.3 Å². The Kier molecular flexibility index (Phi) is 4.02. The fourth-order valence-corrected chi connectivity index (χ4v) is 6.10. The first-order valence-electron chi connectivity index (χ1n) is 9.08. The molecule has 0 bridgehead atoms. The molecular formula is C22H30O. The number of allylic oxidation sites excluding steroid dienone is 5. The predicted molar refractivity (Wildman–Crippen MR) is 97.0 cm³/mol. The highest BCUT2D eigenvalue weighted by Gasteiger charge is 2.56. The molecule has 4 aliphatic carbocycles. The Labute approximate surface area is 141 Å². The van der Waals surface area contributed by atoms with Gasteiger partial charge in [0, 0.05) is 5.41 Å². The first-order chi connectivity index (χ1) is 10.9. The zero-order chi connectivity index (χ0) is 16.8. The fraction of sp³-hybridized carbons (Fsp3) is 0.591. The van der Waals surface area contributed by atoms with E-state index in [1.54, 1.807) is 0 Å². The van der Waals surface area contributed by atoms with Crippen LogP contribution in [0.15, 0.2) is 49.1 Å². The highest BCUT2D eigenvalue weighted by molar-refractivity contribution is 6.01. The van der Waals surface area contributed by atoms with Gasteiger partial charge < -0.3 is 0 Å². The molecule has 0 radical (unpaired) electrons. The lowest BCUT2D eigenvalue weighted by Gasteiger charge is -2.56. The van der Waals surface area contributed by atoms with Crippen LogP contribution in [0.4, 0.5) is 0 Å². The maximum absolute atomic E-state index is 11.7. The molecule has 0 aliphatic heterocycles. The number of ketones is 1. The predicted octanol–water partition coefficient (Wildman–Crippen LogP) is 5.65. The van der Waals surface area contributed by atoms with Gasteiger partial charge in [-0.2, -0.15) is 0 Å². The summed E-state index contributed by atoms with van der Waals surface area (Å²) in [5.74, 6) is 2.57. The Morgan fingerprint density at radius 2 is 1.83 bits per heavy atom. The van der Waals surface area contributed by atoms with Crippen LogP contribution in [0.2, 0.25) is 0 Å². The molecule has 23 heavy (non-hydrogen) atoms. The highest BCUT2D eigenvalue weighted by atomic mass is 16.1. The second-order valence-electron chi connectivity index (χ2n) is 8.20. The van der Waals surface area contributed by atoms with Gasteiger partial charge in [-0.1, -0.05) is 37.6 Å². The van der Waals surface area contributed by atoms with Crippen LogP contribution in [0, 0.1) is 28.6 Å². The average molecular weight is 310 g/mol. The summed E-state index contributed by atoms with van der Waals surface area (Å²) in [6, 6.07) is 0. The Balaban J connectivity index is 0.000000753. The molecule has 0 saturated heterocycles. The van der Waals surface area contributed by atoms with E-state index in [1.807, 2.05) is 12.2 Å². The number of hydrogen-bond donors (Lipinski definition) is 0. The van der Waals surface area contributed by atoms with Crippen molar-refractivity contribution in [3.05, 3.63) is 49.1 Å². The van der Waals surface area contributed by atoms with E-state index in [0.29, 0.717) is 5.41 Å². The minimum absolute atomic E-state index is 0.141. The number of carbonyl (C=O) groups is 1. The van der Waals surface area contributed by atoms with Gasteiger partial charge in [-0.05, 0) is 73.8 Å². The first-order valence-corrected chi connectivity index (χ1v) is 9.08. The van der Waals surface area contributed by atoms with Crippen LogP contribution >= 0.6 is 0 Å². The van der Waals surface area contributed by atoms with Crippen LogP contribution in [0.1, 0.15) is 52.4 Å². The van der Waals surface area contributed by atoms with Crippen molar-refractivity contribution >= 4 is 5.78 Å². The molecule has 0 spiro atoms. The van der Waals surface area contributed by atoms with Crippen LogP contribution in [-0.4, -0.2) is 5.78 Å². The number of fused-ring (bicyclic) bond motifs is 5. The van der Waals surface area contributed by atoms with Gasteiger partial charge in [-0.15, -0.1) is 13.2 Å². The van der Waals surface area contributed by atoms with E-state index in [0.717, 1.165) is 24.2 Å². The van der Waals surface area contributed by atoms with Crippen molar-refractivity contribution in [2.75, 3.05) is 0 Å². The molecule has 1 heteroatoms. The standard InChI is InChI=1S/C20H26O.C2H4/c1-13-4-7-17-16-6-5-14-12-15(21)8-10-20(14,3)18(16)9-11-19(13,17)2;1-2/h8,10,12,16-18H,1,4-7,9,11H2,2-3H3;1-2H2. The van der Waals surface area contributed by atoms with Crippen molar-refractivity contribution in [2.24, 2.45) is 28.6 Å². The monoisotopic (exact) mass is 310 g/mol. The third kappa shape index (κ3) is 2.23. The maximum Gasteiger partial charge on any atom is 0.178 e. The molecule has 4 rings (SSSR count). The van der Waals surface area contributed by atoms with E-state index >= 15 is 0 Å². The van der Waals surface area contributed by atoms with E-state index in [4.69, 9.17) is 0 Å². The summed E-state index contributed by atoms with van der Waals surface area (Å²) in [5.41, 5.74) is 3.44. The topological polar surface area (TPSA) is 17.1 Å².